The van der Waals surface area contributed by atoms with E-state index in [1.54, 1.807) is 28.7 Å². The van der Waals surface area contributed by atoms with Crippen LogP contribution in [0.15, 0.2) is 89.7 Å². The number of nitrogens with zero attached hydrogens (tertiary/aromatic N) is 2. The number of benzene rings is 3. The summed E-state index contributed by atoms with van der Waals surface area (Å²) in [5.74, 6) is -0.663. The molecule has 0 amide bonds. The SMILES string of the molecule is CC(=O)O.O=c1/c(=C\c2cccc(O)c2)sc2nc(-c3ccccc3)c(-c3ccccc3)n12. The smallest absolute Gasteiger partial charge is 0.300 e. The molecular formula is C26H20N2O4S. The minimum atomic E-state index is -0.833. The van der Waals surface area contributed by atoms with Gasteiger partial charge in [-0.1, -0.05) is 84.1 Å². The monoisotopic (exact) mass is 456 g/mol. The van der Waals surface area contributed by atoms with Crippen LogP contribution < -0.4 is 10.1 Å². The van der Waals surface area contributed by atoms with Crippen molar-refractivity contribution in [2.75, 3.05) is 0 Å². The van der Waals surface area contributed by atoms with E-state index in [2.05, 4.69) is 0 Å². The summed E-state index contributed by atoms with van der Waals surface area (Å²) in [7, 11) is 0. The van der Waals surface area contributed by atoms with Gasteiger partial charge in [-0.3, -0.25) is 9.59 Å². The van der Waals surface area contributed by atoms with Gasteiger partial charge in [-0.25, -0.2) is 9.38 Å². The molecule has 5 aromatic rings. The highest BCUT2D eigenvalue weighted by molar-refractivity contribution is 7.15. The Hall–Kier alpha value is -4.23. The molecule has 2 heterocycles. The molecule has 0 saturated heterocycles. The number of phenols is 1. The molecule has 33 heavy (non-hydrogen) atoms. The molecule has 0 fully saturated rings. The lowest BCUT2D eigenvalue weighted by Crippen LogP contribution is -2.23. The van der Waals surface area contributed by atoms with E-state index in [1.165, 1.54) is 11.3 Å². The Labute approximate surface area is 193 Å². The van der Waals surface area contributed by atoms with Gasteiger partial charge in [0.05, 0.1) is 15.9 Å². The van der Waals surface area contributed by atoms with Crippen LogP contribution in [0.3, 0.4) is 0 Å². The van der Waals surface area contributed by atoms with Gasteiger partial charge in [0.1, 0.15) is 5.75 Å². The molecule has 5 rings (SSSR count). The molecule has 164 valence electrons. The fraction of sp³-hybridized carbons (Fsp3) is 0.0385. The van der Waals surface area contributed by atoms with Gasteiger partial charge in [0, 0.05) is 18.1 Å². The highest BCUT2D eigenvalue weighted by Crippen LogP contribution is 2.32. The van der Waals surface area contributed by atoms with Crippen LogP contribution in [0.25, 0.3) is 33.6 Å². The normalized spacial score (nSPS) is 11.2. The standard InChI is InChI=1S/C24H16N2O2S.C2H4O2/c27-19-13-7-8-16(14-19)15-20-23(28)26-22(18-11-5-2-6-12-18)21(25-24(26)29-20)17-9-3-1-4-10-17;1-2(3)4/h1-15,27H;1H3,(H,3,4)/b20-15+;. The summed E-state index contributed by atoms with van der Waals surface area (Å²) in [5.41, 5.74) is 4.17. The second-order valence-corrected chi connectivity index (χ2v) is 8.20. The van der Waals surface area contributed by atoms with Crippen LogP contribution in [-0.2, 0) is 4.79 Å². The predicted octanol–water partition coefficient (Wildman–Crippen LogP) is 4.43. The van der Waals surface area contributed by atoms with Crippen molar-refractivity contribution in [1.82, 2.24) is 9.38 Å². The van der Waals surface area contributed by atoms with Crippen molar-refractivity contribution in [2.24, 2.45) is 0 Å². The predicted molar refractivity (Wildman–Crippen MR) is 130 cm³/mol. The van der Waals surface area contributed by atoms with E-state index in [4.69, 9.17) is 14.9 Å². The molecule has 2 aromatic heterocycles. The molecule has 3 aromatic carbocycles. The number of thiazole rings is 1. The number of hydrogen-bond acceptors (Lipinski definition) is 5. The molecule has 0 aliphatic carbocycles. The molecule has 7 heteroatoms. The average molecular weight is 457 g/mol. The Balaban J connectivity index is 0.000000601. The molecule has 0 bridgehead atoms. The van der Waals surface area contributed by atoms with Crippen molar-refractivity contribution in [3.63, 3.8) is 0 Å². The Morgan fingerprint density at radius 2 is 1.55 bits per heavy atom. The summed E-state index contributed by atoms with van der Waals surface area (Å²) in [6.07, 6.45) is 1.79. The van der Waals surface area contributed by atoms with E-state index >= 15 is 0 Å². The van der Waals surface area contributed by atoms with Gasteiger partial charge in [-0.2, -0.15) is 0 Å². The Morgan fingerprint density at radius 1 is 0.939 bits per heavy atom. The molecule has 0 aliphatic heterocycles. The first-order valence-electron chi connectivity index (χ1n) is 10.1. The topological polar surface area (TPSA) is 91.9 Å². The molecular weight excluding hydrogens is 436 g/mol. The number of carbonyl (C=O) groups is 1. The van der Waals surface area contributed by atoms with E-state index in [-0.39, 0.29) is 11.3 Å². The van der Waals surface area contributed by atoms with Gasteiger partial charge in [0.2, 0.25) is 0 Å². The number of carboxylic acids is 1. The maximum absolute atomic E-state index is 13.3. The zero-order valence-corrected chi connectivity index (χ0v) is 18.5. The van der Waals surface area contributed by atoms with E-state index in [9.17, 15) is 9.90 Å². The molecule has 2 N–H and O–H groups in total. The Kier molecular flexibility index (Phi) is 6.33. The molecule has 0 radical (unpaired) electrons. The highest BCUT2D eigenvalue weighted by Gasteiger charge is 2.19. The van der Waals surface area contributed by atoms with E-state index in [0.717, 1.165) is 35.0 Å². The minimum absolute atomic E-state index is 0.109. The van der Waals surface area contributed by atoms with Crippen molar-refractivity contribution < 1.29 is 15.0 Å². The molecule has 0 saturated carbocycles. The van der Waals surface area contributed by atoms with Crippen LogP contribution in [-0.4, -0.2) is 25.6 Å². The van der Waals surface area contributed by atoms with E-state index in [0.29, 0.717) is 9.49 Å². The zero-order valence-electron chi connectivity index (χ0n) is 17.7. The van der Waals surface area contributed by atoms with Crippen LogP contribution in [0.5, 0.6) is 5.75 Å². The van der Waals surface area contributed by atoms with Crippen molar-refractivity contribution in [2.45, 2.75) is 6.92 Å². The lowest BCUT2D eigenvalue weighted by Gasteiger charge is -2.04. The fourth-order valence-electron chi connectivity index (χ4n) is 3.43. The van der Waals surface area contributed by atoms with Crippen molar-refractivity contribution in [3.8, 4) is 28.3 Å². The summed E-state index contributed by atoms with van der Waals surface area (Å²) in [6.45, 7) is 1.08. The first kappa shape index (κ1) is 22.0. The minimum Gasteiger partial charge on any atom is -0.508 e. The zero-order chi connectivity index (χ0) is 23.4. The van der Waals surface area contributed by atoms with Gasteiger partial charge in [0.25, 0.3) is 11.5 Å². The second-order valence-electron chi connectivity index (χ2n) is 7.19. The molecule has 0 aliphatic rings. The maximum Gasteiger partial charge on any atom is 0.300 e. The first-order valence-corrected chi connectivity index (χ1v) is 10.9. The van der Waals surface area contributed by atoms with Crippen LogP contribution >= 0.6 is 11.3 Å². The summed E-state index contributed by atoms with van der Waals surface area (Å²) in [5, 5.41) is 17.1. The summed E-state index contributed by atoms with van der Waals surface area (Å²) >= 11 is 1.35. The quantitative estimate of drug-likeness (QED) is 0.419. The number of aromatic nitrogens is 2. The molecule has 0 unspecified atom stereocenters. The third-order valence-corrected chi connectivity index (χ3v) is 5.69. The van der Waals surface area contributed by atoms with E-state index < -0.39 is 5.97 Å². The first-order chi connectivity index (χ1) is 15.9. The third kappa shape index (κ3) is 4.83. The van der Waals surface area contributed by atoms with Crippen molar-refractivity contribution in [1.29, 1.82) is 0 Å². The van der Waals surface area contributed by atoms with Gasteiger partial charge in [-0.05, 0) is 23.8 Å². The molecule has 6 nitrogen and oxygen atoms in total. The average Bonchev–Trinajstić information content (AvgIpc) is 3.31. The number of carboxylic acid groups (broad SMARTS) is 1. The summed E-state index contributed by atoms with van der Waals surface area (Å²) in [4.78, 5) is 27.8. The number of hydrogen-bond donors (Lipinski definition) is 2. The van der Waals surface area contributed by atoms with Crippen LogP contribution in [0.1, 0.15) is 12.5 Å². The third-order valence-electron chi connectivity index (χ3n) is 4.72. The van der Waals surface area contributed by atoms with Crippen LogP contribution in [0, 0.1) is 0 Å². The van der Waals surface area contributed by atoms with E-state index in [1.807, 2.05) is 66.7 Å². The van der Waals surface area contributed by atoms with Gasteiger partial charge in [0.15, 0.2) is 4.96 Å². The number of imidazole rings is 1. The Bertz CT molecular complexity index is 1520. The number of fused-ring (bicyclic) bond motifs is 1. The number of aliphatic carboxylic acids is 1. The van der Waals surface area contributed by atoms with Gasteiger partial charge in [-0.15, -0.1) is 0 Å². The largest absolute Gasteiger partial charge is 0.508 e. The Morgan fingerprint density at radius 3 is 2.15 bits per heavy atom. The number of aromatic hydroxyl groups is 1. The van der Waals surface area contributed by atoms with Crippen molar-refractivity contribution >= 4 is 28.3 Å². The lowest BCUT2D eigenvalue weighted by atomic mass is 10.1. The lowest BCUT2D eigenvalue weighted by molar-refractivity contribution is -0.134. The summed E-state index contributed by atoms with van der Waals surface area (Å²) < 4.78 is 2.27. The van der Waals surface area contributed by atoms with Gasteiger partial charge >= 0.3 is 0 Å². The number of rotatable bonds is 3. The fourth-order valence-corrected chi connectivity index (χ4v) is 4.40. The molecule has 0 atom stereocenters. The number of phenolic OH excluding ortho intramolecular Hbond substituents is 1. The van der Waals surface area contributed by atoms with Gasteiger partial charge < -0.3 is 10.2 Å². The second kappa shape index (κ2) is 9.50. The maximum atomic E-state index is 13.3. The van der Waals surface area contributed by atoms with Crippen LogP contribution in [0.4, 0.5) is 0 Å². The van der Waals surface area contributed by atoms with Crippen LogP contribution in [0.2, 0.25) is 0 Å². The highest BCUT2D eigenvalue weighted by atomic mass is 32.1. The summed E-state index contributed by atoms with van der Waals surface area (Å²) in [6, 6.07) is 26.6. The van der Waals surface area contributed by atoms with Crippen molar-refractivity contribution in [3.05, 3.63) is 105 Å². The molecule has 0 spiro atoms.